The molecule has 0 radical (unpaired) electrons. The van der Waals surface area contributed by atoms with Gasteiger partial charge < -0.3 is 31.5 Å². The highest BCUT2D eigenvalue weighted by Gasteiger charge is 2.12. The number of rotatable bonds is 15. The zero-order chi connectivity index (χ0) is 31.3. The zero-order valence-corrected chi connectivity index (χ0v) is 25.3. The van der Waals surface area contributed by atoms with E-state index in [1.54, 1.807) is 30.5 Å². The third-order valence-electron chi connectivity index (χ3n) is 7.17. The molecule has 0 spiro atoms. The van der Waals surface area contributed by atoms with E-state index in [2.05, 4.69) is 27.9 Å². The van der Waals surface area contributed by atoms with Crippen LogP contribution in [0.5, 0.6) is 5.75 Å². The third-order valence-corrected chi connectivity index (χ3v) is 7.17. The first-order valence-corrected chi connectivity index (χ1v) is 14.9. The molecule has 4 aromatic rings. The maximum atomic E-state index is 12.7. The van der Waals surface area contributed by atoms with Crippen LogP contribution in [0, 0.1) is 0 Å². The first kappa shape index (κ1) is 32.2. The molecule has 0 saturated carbocycles. The van der Waals surface area contributed by atoms with Gasteiger partial charge in [-0.25, -0.2) is 4.98 Å². The summed E-state index contributed by atoms with van der Waals surface area (Å²) in [7, 11) is 0. The van der Waals surface area contributed by atoms with Gasteiger partial charge in [-0.15, -0.1) is 0 Å². The SMILES string of the molecule is CCOc1ccccc1CNC(=O)c1ccc(CNC(=O)Cc2cccc(C[C@@H](C)NC[C@H](O)c3ccc(N)nc3)c2)cc1. The summed E-state index contributed by atoms with van der Waals surface area (Å²) in [6.45, 7) is 5.68. The Balaban J connectivity index is 1.20. The van der Waals surface area contributed by atoms with Gasteiger partial charge >= 0.3 is 0 Å². The van der Waals surface area contributed by atoms with Crippen LogP contribution in [-0.4, -0.2) is 41.1 Å². The first-order chi connectivity index (χ1) is 21.3. The van der Waals surface area contributed by atoms with E-state index in [4.69, 9.17) is 10.5 Å². The van der Waals surface area contributed by atoms with Crippen LogP contribution >= 0.6 is 0 Å². The number of anilines is 1. The number of amides is 2. The minimum absolute atomic E-state index is 0.0802. The number of nitrogens with two attached hydrogens (primary N) is 1. The van der Waals surface area contributed by atoms with E-state index in [0.29, 0.717) is 43.2 Å². The summed E-state index contributed by atoms with van der Waals surface area (Å²) in [5, 5.41) is 19.7. The second-order valence-electron chi connectivity index (χ2n) is 10.7. The van der Waals surface area contributed by atoms with E-state index in [0.717, 1.165) is 34.4 Å². The van der Waals surface area contributed by atoms with Gasteiger partial charge in [0.25, 0.3) is 5.91 Å². The first-order valence-electron chi connectivity index (χ1n) is 14.9. The highest BCUT2D eigenvalue weighted by atomic mass is 16.5. The number of para-hydroxylation sites is 1. The largest absolute Gasteiger partial charge is 0.494 e. The molecular weight excluding hydrogens is 554 g/mol. The molecule has 44 heavy (non-hydrogen) atoms. The number of nitrogens with one attached hydrogen (secondary N) is 3. The Morgan fingerprint density at radius 3 is 2.43 bits per heavy atom. The van der Waals surface area contributed by atoms with E-state index in [-0.39, 0.29) is 24.3 Å². The van der Waals surface area contributed by atoms with Crippen molar-refractivity contribution in [3.63, 3.8) is 0 Å². The van der Waals surface area contributed by atoms with Gasteiger partial charge in [-0.1, -0.05) is 60.7 Å². The predicted octanol–water partition coefficient (Wildman–Crippen LogP) is 4.11. The second kappa shape index (κ2) is 16.2. The molecule has 3 aromatic carbocycles. The number of nitrogens with zero attached hydrogens (tertiary/aromatic N) is 1. The van der Waals surface area contributed by atoms with Crippen molar-refractivity contribution in [1.29, 1.82) is 0 Å². The smallest absolute Gasteiger partial charge is 0.251 e. The Hall–Kier alpha value is -4.73. The molecule has 0 unspecified atom stereocenters. The van der Waals surface area contributed by atoms with E-state index in [9.17, 15) is 14.7 Å². The van der Waals surface area contributed by atoms with Crippen molar-refractivity contribution in [3.05, 3.63) is 125 Å². The fourth-order valence-electron chi connectivity index (χ4n) is 4.78. The number of aliphatic hydroxyl groups excluding tert-OH is 1. The summed E-state index contributed by atoms with van der Waals surface area (Å²) in [6.07, 6.45) is 1.92. The third kappa shape index (κ3) is 9.93. The number of carbonyl (C=O) groups is 2. The van der Waals surface area contributed by atoms with E-state index in [1.807, 2.05) is 67.6 Å². The van der Waals surface area contributed by atoms with Gasteiger partial charge in [0.15, 0.2) is 0 Å². The van der Waals surface area contributed by atoms with Crippen molar-refractivity contribution >= 4 is 17.6 Å². The molecule has 2 atom stereocenters. The summed E-state index contributed by atoms with van der Waals surface area (Å²) < 4.78 is 5.63. The predicted molar refractivity (Wildman–Crippen MR) is 172 cm³/mol. The summed E-state index contributed by atoms with van der Waals surface area (Å²) in [5.41, 5.74) is 10.7. The van der Waals surface area contributed by atoms with Crippen molar-refractivity contribution in [2.75, 3.05) is 18.9 Å². The van der Waals surface area contributed by atoms with Gasteiger partial charge in [0.2, 0.25) is 5.91 Å². The highest BCUT2D eigenvalue weighted by molar-refractivity contribution is 5.94. The number of hydrogen-bond acceptors (Lipinski definition) is 7. The van der Waals surface area contributed by atoms with Crippen LogP contribution in [0.4, 0.5) is 5.82 Å². The lowest BCUT2D eigenvalue weighted by Crippen LogP contribution is -2.32. The quantitative estimate of drug-likeness (QED) is 0.139. The lowest BCUT2D eigenvalue weighted by molar-refractivity contribution is -0.120. The van der Waals surface area contributed by atoms with Crippen LogP contribution in [0.3, 0.4) is 0 Å². The van der Waals surface area contributed by atoms with Crippen LogP contribution in [-0.2, 0) is 30.7 Å². The molecule has 2 amide bonds. The Morgan fingerprint density at radius 2 is 1.68 bits per heavy atom. The highest BCUT2D eigenvalue weighted by Crippen LogP contribution is 2.18. The summed E-state index contributed by atoms with van der Waals surface area (Å²) >= 11 is 0. The number of nitrogen functional groups attached to an aromatic ring is 1. The number of benzene rings is 3. The summed E-state index contributed by atoms with van der Waals surface area (Å²) in [5.74, 6) is 0.929. The maximum absolute atomic E-state index is 12.7. The van der Waals surface area contributed by atoms with Crippen molar-refractivity contribution in [1.82, 2.24) is 20.9 Å². The molecule has 6 N–H and O–H groups in total. The number of hydrogen-bond donors (Lipinski definition) is 5. The number of ether oxygens (including phenoxy) is 1. The average Bonchev–Trinajstić information content (AvgIpc) is 3.03. The Labute approximate surface area is 258 Å². The standard InChI is InChI=1S/C35H41N5O4/c1-3-44-32-10-5-4-9-30(32)22-40-35(43)28-13-11-25(12-14-28)20-39-34(42)19-27-8-6-7-26(18-27)17-24(2)37-23-31(41)29-15-16-33(36)38-21-29/h4-16,18,21,24,31,37,41H,3,17,19-20,22-23H2,1-2H3,(H2,36,38)(H,39,42)(H,40,43)/t24-,31+/m1/s1. The van der Waals surface area contributed by atoms with E-state index in [1.165, 1.54) is 0 Å². The Morgan fingerprint density at radius 1 is 0.909 bits per heavy atom. The molecule has 230 valence electrons. The molecule has 4 rings (SSSR count). The fourth-order valence-corrected chi connectivity index (χ4v) is 4.78. The molecule has 0 bridgehead atoms. The number of aromatic nitrogens is 1. The fraction of sp³-hybridized carbons (Fsp3) is 0.286. The van der Waals surface area contributed by atoms with Crippen molar-refractivity contribution in [2.45, 2.75) is 51.9 Å². The van der Waals surface area contributed by atoms with Crippen LogP contribution in [0.2, 0.25) is 0 Å². The Kier molecular flexibility index (Phi) is 11.9. The monoisotopic (exact) mass is 595 g/mol. The normalized spacial score (nSPS) is 12.2. The van der Waals surface area contributed by atoms with Crippen molar-refractivity contribution in [3.8, 4) is 5.75 Å². The molecule has 9 nitrogen and oxygen atoms in total. The van der Waals surface area contributed by atoms with Crippen molar-refractivity contribution < 1.29 is 19.4 Å². The topological polar surface area (TPSA) is 139 Å². The lowest BCUT2D eigenvalue weighted by atomic mass is 10.0. The van der Waals surface area contributed by atoms with Gasteiger partial charge in [0, 0.05) is 48.6 Å². The average molecular weight is 596 g/mol. The molecule has 0 aliphatic carbocycles. The lowest BCUT2D eigenvalue weighted by Gasteiger charge is -2.18. The van der Waals surface area contributed by atoms with Crippen LogP contribution in [0.25, 0.3) is 0 Å². The number of carbonyl (C=O) groups excluding carboxylic acids is 2. The van der Waals surface area contributed by atoms with Gasteiger partial charge in [0.1, 0.15) is 11.6 Å². The minimum Gasteiger partial charge on any atom is -0.494 e. The molecule has 1 aromatic heterocycles. The van der Waals surface area contributed by atoms with Crippen LogP contribution in [0.1, 0.15) is 58.1 Å². The number of aliphatic hydroxyl groups is 1. The van der Waals surface area contributed by atoms with E-state index < -0.39 is 6.10 Å². The molecular formula is C35H41N5O4. The van der Waals surface area contributed by atoms with Crippen LogP contribution in [0.15, 0.2) is 91.1 Å². The van der Waals surface area contributed by atoms with Gasteiger partial charge in [-0.3, -0.25) is 9.59 Å². The Bertz CT molecular complexity index is 1510. The van der Waals surface area contributed by atoms with Gasteiger partial charge in [-0.2, -0.15) is 0 Å². The van der Waals surface area contributed by atoms with Crippen LogP contribution < -0.4 is 26.4 Å². The zero-order valence-electron chi connectivity index (χ0n) is 25.3. The number of pyridine rings is 1. The summed E-state index contributed by atoms with van der Waals surface area (Å²) in [4.78, 5) is 29.4. The second-order valence-corrected chi connectivity index (χ2v) is 10.7. The molecule has 0 aliphatic rings. The maximum Gasteiger partial charge on any atom is 0.251 e. The molecule has 1 heterocycles. The summed E-state index contributed by atoms with van der Waals surface area (Å²) in [6, 6.07) is 26.4. The van der Waals surface area contributed by atoms with Crippen molar-refractivity contribution in [2.24, 2.45) is 0 Å². The minimum atomic E-state index is -0.678. The molecule has 0 fully saturated rings. The molecule has 0 saturated heterocycles. The van der Waals surface area contributed by atoms with Gasteiger partial charge in [-0.05, 0) is 61.2 Å². The van der Waals surface area contributed by atoms with Gasteiger partial charge in [0.05, 0.1) is 19.1 Å². The molecule has 0 aliphatic heterocycles. The molecule has 9 heteroatoms. The van der Waals surface area contributed by atoms with E-state index >= 15 is 0 Å².